The van der Waals surface area contributed by atoms with Gasteiger partial charge in [-0.2, -0.15) is 0 Å². The lowest BCUT2D eigenvalue weighted by Gasteiger charge is -2.29. The van der Waals surface area contributed by atoms with Crippen LogP contribution in [-0.4, -0.2) is 77.6 Å². The van der Waals surface area contributed by atoms with Gasteiger partial charge in [0.15, 0.2) is 0 Å². The Labute approximate surface area is 113 Å². The molecule has 0 spiro atoms. The van der Waals surface area contributed by atoms with Crippen LogP contribution in [-0.2, 0) is 11.3 Å². The molecule has 1 unspecified atom stereocenters. The highest BCUT2D eigenvalue weighted by Gasteiger charge is 2.17. The van der Waals surface area contributed by atoms with Gasteiger partial charge in [-0.05, 0) is 7.05 Å². The van der Waals surface area contributed by atoms with E-state index >= 15 is 0 Å². The second-order valence-corrected chi connectivity index (χ2v) is 4.98. The first-order valence-corrected chi connectivity index (χ1v) is 6.59. The van der Waals surface area contributed by atoms with Gasteiger partial charge in [-0.1, -0.05) is 0 Å². The van der Waals surface area contributed by atoms with Crippen LogP contribution >= 0.6 is 0 Å². The number of hydrogen-bond donors (Lipinski definition) is 1. The molecule has 1 aromatic heterocycles. The lowest BCUT2D eigenvalue weighted by molar-refractivity contribution is 0.00781. The maximum Gasteiger partial charge on any atom is 0.230 e. The van der Waals surface area contributed by atoms with Crippen molar-refractivity contribution < 1.29 is 14.3 Å². The highest BCUT2D eigenvalue weighted by atomic mass is 16.5. The number of aliphatic hydroxyl groups is 1. The van der Waals surface area contributed by atoms with Gasteiger partial charge < -0.3 is 14.3 Å². The van der Waals surface area contributed by atoms with Crippen molar-refractivity contribution in [1.82, 2.24) is 20.0 Å². The largest absolute Gasteiger partial charge is 0.424 e. The Morgan fingerprint density at radius 1 is 1.37 bits per heavy atom. The zero-order valence-electron chi connectivity index (χ0n) is 11.6. The first-order valence-electron chi connectivity index (χ1n) is 6.59. The number of aliphatic hydroxyl groups excluding tert-OH is 1. The van der Waals surface area contributed by atoms with Crippen LogP contribution in [0.5, 0.6) is 0 Å². The zero-order valence-corrected chi connectivity index (χ0v) is 11.6. The van der Waals surface area contributed by atoms with Crippen LogP contribution in [0.15, 0.2) is 4.42 Å². The second-order valence-electron chi connectivity index (χ2n) is 4.98. The maximum atomic E-state index is 10.1. The summed E-state index contributed by atoms with van der Waals surface area (Å²) in [5, 5.41) is 17.8. The van der Waals surface area contributed by atoms with Crippen LogP contribution in [0.1, 0.15) is 11.8 Å². The van der Waals surface area contributed by atoms with E-state index in [1.54, 1.807) is 6.92 Å². The molecule has 1 aromatic rings. The van der Waals surface area contributed by atoms with E-state index in [-0.39, 0.29) is 6.10 Å². The monoisotopic (exact) mass is 270 g/mol. The summed E-state index contributed by atoms with van der Waals surface area (Å²) >= 11 is 0. The van der Waals surface area contributed by atoms with Crippen LogP contribution in [0.25, 0.3) is 0 Å². The Hall–Kier alpha value is -1.02. The van der Waals surface area contributed by atoms with E-state index in [0.29, 0.717) is 31.4 Å². The molecular weight excluding hydrogens is 248 g/mol. The fraction of sp³-hybridized carbons (Fsp3) is 0.833. The molecule has 0 bridgehead atoms. The highest BCUT2D eigenvalue weighted by molar-refractivity contribution is 4.79. The Morgan fingerprint density at radius 2 is 2.11 bits per heavy atom. The predicted octanol–water partition coefficient (Wildman–Crippen LogP) is -0.497. The lowest BCUT2D eigenvalue weighted by Crippen LogP contribution is -2.43. The minimum absolute atomic E-state index is 0.382. The molecule has 0 aliphatic carbocycles. The van der Waals surface area contributed by atoms with Crippen LogP contribution in [0, 0.1) is 6.92 Å². The van der Waals surface area contributed by atoms with Gasteiger partial charge in [0, 0.05) is 33.1 Å². The number of nitrogens with zero attached hydrogens (tertiary/aromatic N) is 4. The molecule has 0 aromatic carbocycles. The fourth-order valence-corrected chi connectivity index (χ4v) is 2.20. The standard InChI is InChI=1S/C12H22N4O3/c1-10-13-14-12(19-10)9-15(2)7-11(17)8-16-3-5-18-6-4-16/h11,17H,3-9H2,1-2H3. The Balaban J connectivity index is 1.70. The first-order chi connectivity index (χ1) is 9.13. The van der Waals surface area contributed by atoms with Crippen LogP contribution in [0.3, 0.4) is 0 Å². The van der Waals surface area contributed by atoms with Crippen molar-refractivity contribution in [1.29, 1.82) is 0 Å². The molecule has 1 fully saturated rings. The lowest BCUT2D eigenvalue weighted by atomic mass is 10.3. The van der Waals surface area contributed by atoms with Gasteiger partial charge >= 0.3 is 0 Å². The molecule has 1 atom stereocenters. The van der Waals surface area contributed by atoms with Crippen molar-refractivity contribution in [2.24, 2.45) is 0 Å². The van der Waals surface area contributed by atoms with Crippen molar-refractivity contribution in [3.05, 3.63) is 11.8 Å². The number of aromatic nitrogens is 2. The van der Waals surface area contributed by atoms with E-state index < -0.39 is 0 Å². The van der Waals surface area contributed by atoms with E-state index in [9.17, 15) is 5.11 Å². The smallest absolute Gasteiger partial charge is 0.230 e. The third kappa shape index (κ3) is 4.87. The van der Waals surface area contributed by atoms with Crippen molar-refractivity contribution in [3.63, 3.8) is 0 Å². The predicted molar refractivity (Wildman–Crippen MR) is 68.6 cm³/mol. The van der Waals surface area contributed by atoms with Gasteiger partial charge in [-0.15, -0.1) is 10.2 Å². The minimum Gasteiger partial charge on any atom is -0.424 e. The third-order valence-corrected chi connectivity index (χ3v) is 3.07. The molecule has 1 aliphatic heterocycles. The number of ether oxygens (including phenoxy) is 1. The molecule has 0 saturated carbocycles. The number of likely N-dealkylation sites (N-methyl/N-ethyl adjacent to an activating group) is 1. The van der Waals surface area contributed by atoms with Gasteiger partial charge in [-0.25, -0.2) is 0 Å². The number of hydrogen-bond acceptors (Lipinski definition) is 7. The highest BCUT2D eigenvalue weighted by Crippen LogP contribution is 2.04. The van der Waals surface area contributed by atoms with Crippen LogP contribution < -0.4 is 0 Å². The van der Waals surface area contributed by atoms with Crippen molar-refractivity contribution in [2.45, 2.75) is 19.6 Å². The summed E-state index contributed by atoms with van der Waals surface area (Å²) in [5.41, 5.74) is 0. The van der Waals surface area contributed by atoms with E-state index in [0.717, 1.165) is 26.3 Å². The third-order valence-electron chi connectivity index (χ3n) is 3.07. The molecule has 0 radical (unpaired) electrons. The molecule has 2 heterocycles. The van der Waals surface area contributed by atoms with Crippen LogP contribution in [0.2, 0.25) is 0 Å². The van der Waals surface area contributed by atoms with Crippen molar-refractivity contribution >= 4 is 0 Å². The summed E-state index contributed by atoms with van der Waals surface area (Å²) in [6.45, 7) is 6.88. The second kappa shape index (κ2) is 6.95. The van der Waals surface area contributed by atoms with Gasteiger partial charge in [0.05, 0.1) is 25.9 Å². The average Bonchev–Trinajstić information content (AvgIpc) is 2.75. The van der Waals surface area contributed by atoms with Crippen molar-refractivity contribution in [2.75, 3.05) is 46.4 Å². The SMILES string of the molecule is Cc1nnc(CN(C)CC(O)CN2CCOCC2)o1. The zero-order chi connectivity index (χ0) is 13.7. The molecular formula is C12H22N4O3. The molecule has 7 heteroatoms. The van der Waals surface area contributed by atoms with Gasteiger partial charge in [0.1, 0.15) is 0 Å². The quantitative estimate of drug-likeness (QED) is 0.747. The molecule has 1 aliphatic rings. The first kappa shape index (κ1) is 14.4. The molecule has 7 nitrogen and oxygen atoms in total. The van der Waals surface area contributed by atoms with Crippen molar-refractivity contribution in [3.8, 4) is 0 Å². The summed E-state index contributed by atoms with van der Waals surface area (Å²) in [5.74, 6) is 1.15. The molecule has 108 valence electrons. The topological polar surface area (TPSA) is 74.9 Å². The summed E-state index contributed by atoms with van der Waals surface area (Å²) in [6, 6.07) is 0. The Bertz CT molecular complexity index is 379. The summed E-state index contributed by atoms with van der Waals surface area (Å²) < 4.78 is 10.6. The molecule has 1 N–H and O–H groups in total. The number of aryl methyl sites for hydroxylation is 1. The van der Waals surface area contributed by atoms with Gasteiger partial charge in [-0.3, -0.25) is 9.80 Å². The summed E-state index contributed by atoms with van der Waals surface area (Å²) in [7, 11) is 1.93. The number of rotatable bonds is 6. The van der Waals surface area contributed by atoms with E-state index in [1.807, 2.05) is 11.9 Å². The summed E-state index contributed by atoms with van der Waals surface area (Å²) in [4.78, 5) is 4.21. The van der Waals surface area contributed by atoms with E-state index in [4.69, 9.17) is 9.15 Å². The fourth-order valence-electron chi connectivity index (χ4n) is 2.20. The Kier molecular flexibility index (Phi) is 5.26. The number of morpholine rings is 1. The summed E-state index contributed by atoms with van der Waals surface area (Å²) in [6.07, 6.45) is -0.382. The molecule has 0 amide bonds. The van der Waals surface area contributed by atoms with Gasteiger partial charge in [0.2, 0.25) is 11.8 Å². The van der Waals surface area contributed by atoms with E-state index in [2.05, 4.69) is 15.1 Å². The van der Waals surface area contributed by atoms with Gasteiger partial charge in [0.25, 0.3) is 0 Å². The van der Waals surface area contributed by atoms with E-state index in [1.165, 1.54) is 0 Å². The molecule has 1 saturated heterocycles. The Morgan fingerprint density at radius 3 is 2.74 bits per heavy atom. The van der Waals surface area contributed by atoms with Crippen LogP contribution in [0.4, 0.5) is 0 Å². The maximum absolute atomic E-state index is 10.1. The average molecular weight is 270 g/mol. The number of β-amino-alcohol motifs (C(OH)–C–C–N with tert-alkyl or cyclic N) is 1. The normalized spacial score (nSPS) is 18.9. The molecule has 19 heavy (non-hydrogen) atoms. The molecule has 2 rings (SSSR count). The minimum atomic E-state index is -0.382.